The third-order valence-electron chi connectivity index (χ3n) is 3.07. The van der Waals surface area contributed by atoms with Gasteiger partial charge in [-0.15, -0.1) is 0 Å². The largest absolute Gasteiger partial charge is 0.529 e. The zero-order valence-electron chi connectivity index (χ0n) is 12.9. The van der Waals surface area contributed by atoms with E-state index in [1.807, 2.05) is 20.8 Å². The molecule has 0 amide bonds. The van der Waals surface area contributed by atoms with Gasteiger partial charge in [0, 0.05) is 18.3 Å². The van der Waals surface area contributed by atoms with E-state index < -0.39 is 8.80 Å². The lowest BCUT2D eigenvalue weighted by molar-refractivity contribution is -0.000519. The van der Waals surface area contributed by atoms with Crippen molar-refractivity contribution in [2.45, 2.75) is 79.1 Å². The maximum Gasteiger partial charge on any atom is 0.529 e. The zero-order chi connectivity index (χ0) is 14.2. The van der Waals surface area contributed by atoms with E-state index in [1.54, 1.807) is 5.70 Å². The summed E-state index contributed by atoms with van der Waals surface area (Å²) in [5, 5.41) is 0. The monoisotopic (exact) mass is 274 g/mol. The Morgan fingerprint density at radius 1 is 0.833 bits per heavy atom. The first-order valence-electron chi connectivity index (χ1n) is 7.09. The molecule has 0 rings (SSSR count). The van der Waals surface area contributed by atoms with E-state index in [9.17, 15) is 0 Å². The van der Waals surface area contributed by atoms with Crippen LogP contribution in [0.2, 0.25) is 0 Å². The first-order chi connectivity index (χ1) is 8.42. The average molecular weight is 274 g/mol. The van der Waals surface area contributed by atoms with E-state index in [1.165, 1.54) is 0 Å². The van der Waals surface area contributed by atoms with Crippen LogP contribution in [-0.2, 0) is 13.3 Å². The molecular weight excluding hydrogens is 244 g/mol. The Morgan fingerprint density at radius 3 is 1.28 bits per heavy atom. The summed E-state index contributed by atoms with van der Waals surface area (Å²) in [4.78, 5) is 0. The van der Waals surface area contributed by atoms with Crippen molar-refractivity contribution >= 4 is 8.80 Å². The van der Waals surface area contributed by atoms with E-state index in [4.69, 9.17) is 13.3 Å². The smallest absolute Gasteiger partial charge is 0.368 e. The van der Waals surface area contributed by atoms with Crippen molar-refractivity contribution in [2.24, 2.45) is 0 Å². The van der Waals surface area contributed by atoms with E-state index >= 15 is 0 Å². The second kappa shape index (κ2) is 8.86. The highest BCUT2D eigenvalue weighted by molar-refractivity contribution is 6.66. The van der Waals surface area contributed by atoms with Crippen LogP contribution < -0.4 is 0 Å². The lowest BCUT2D eigenvalue weighted by atomic mass is 10.3. The maximum absolute atomic E-state index is 6.06. The minimum atomic E-state index is -2.76. The molecule has 0 aliphatic carbocycles. The van der Waals surface area contributed by atoms with Gasteiger partial charge in [-0.1, -0.05) is 27.4 Å². The third-order valence-corrected chi connectivity index (χ3v) is 5.76. The van der Waals surface area contributed by atoms with E-state index in [-0.39, 0.29) is 18.3 Å². The van der Waals surface area contributed by atoms with Gasteiger partial charge in [0.2, 0.25) is 0 Å². The molecule has 0 saturated heterocycles. The fraction of sp³-hybridized carbons (Fsp3) is 0.857. The molecule has 0 fully saturated rings. The topological polar surface area (TPSA) is 27.7 Å². The maximum atomic E-state index is 6.06. The van der Waals surface area contributed by atoms with Crippen molar-refractivity contribution in [1.29, 1.82) is 0 Å². The van der Waals surface area contributed by atoms with E-state index in [2.05, 4.69) is 27.4 Å². The minimum absolute atomic E-state index is 0.128. The Labute approximate surface area is 114 Å². The van der Waals surface area contributed by atoms with Crippen LogP contribution in [0.25, 0.3) is 0 Å². The van der Waals surface area contributed by atoms with Crippen LogP contribution in [0.15, 0.2) is 12.3 Å². The van der Waals surface area contributed by atoms with Gasteiger partial charge >= 0.3 is 8.80 Å². The summed E-state index contributed by atoms with van der Waals surface area (Å²) in [5.41, 5.74) is 1.76. The van der Waals surface area contributed by atoms with E-state index in [0.717, 1.165) is 19.3 Å². The summed E-state index contributed by atoms with van der Waals surface area (Å²) in [6.07, 6.45) is 3.21. The van der Waals surface area contributed by atoms with Gasteiger partial charge in [-0.05, 0) is 45.7 Å². The highest BCUT2D eigenvalue weighted by atomic mass is 28.4. The van der Waals surface area contributed by atoms with Crippen molar-refractivity contribution in [2.75, 3.05) is 0 Å². The van der Waals surface area contributed by atoms with Gasteiger partial charge in [-0.3, -0.25) is 0 Å². The quantitative estimate of drug-likeness (QED) is 0.561. The molecule has 108 valence electrons. The predicted molar refractivity (Wildman–Crippen MR) is 78.5 cm³/mol. The van der Waals surface area contributed by atoms with Gasteiger partial charge in [0.1, 0.15) is 0 Å². The summed E-state index contributed by atoms with van der Waals surface area (Å²) in [6.45, 7) is 16.3. The van der Waals surface area contributed by atoms with Crippen molar-refractivity contribution in [3.05, 3.63) is 12.3 Å². The molecule has 0 heterocycles. The first-order valence-corrected chi connectivity index (χ1v) is 8.90. The fourth-order valence-corrected chi connectivity index (χ4v) is 3.96. The van der Waals surface area contributed by atoms with Gasteiger partial charge in [0.05, 0.1) is 0 Å². The summed E-state index contributed by atoms with van der Waals surface area (Å²) in [5.74, 6) is 0. The molecular formula is C14H30O3Si. The molecule has 18 heavy (non-hydrogen) atoms. The van der Waals surface area contributed by atoms with Crippen molar-refractivity contribution < 1.29 is 13.3 Å². The Kier molecular flexibility index (Phi) is 8.78. The minimum Gasteiger partial charge on any atom is -0.368 e. The zero-order valence-corrected chi connectivity index (χ0v) is 13.9. The fourth-order valence-electron chi connectivity index (χ4n) is 1.32. The Balaban J connectivity index is 4.87. The molecule has 4 heteroatoms. The number of hydrogen-bond acceptors (Lipinski definition) is 3. The van der Waals surface area contributed by atoms with Crippen LogP contribution in [0.4, 0.5) is 0 Å². The molecule has 0 radical (unpaired) electrons. The van der Waals surface area contributed by atoms with Crippen LogP contribution in [-0.4, -0.2) is 27.1 Å². The molecule has 0 saturated carbocycles. The Morgan fingerprint density at radius 2 is 1.11 bits per heavy atom. The molecule has 0 aromatic heterocycles. The molecule has 0 aromatic rings. The summed E-state index contributed by atoms with van der Waals surface area (Å²) < 4.78 is 18.2. The first kappa shape index (κ1) is 17.8. The predicted octanol–water partition coefficient (Wildman–Crippen LogP) is 4.10. The highest BCUT2D eigenvalue weighted by Crippen LogP contribution is 2.21. The van der Waals surface area contributed by atoms with Gasteiger partial charge < -0.3 is 13.3 Å². The van der Waals surface area contributed by atoms with E-state index in [0.29, 0.717) is 0 Å². The van der Waals surface area contributed by atoms with Crippen LogP contribution in [0, 0.1) is 0 Å². The molecule has 0 aromatic carbocycles. The molecule has 3 nitrogen and oxygen atoms in total. The SMILES string of the molecule is C=C[Si](OC(C)CC)(OC(C)CC)OC(C)CC. The molecule has 3 atom stereocenters. The lowest BCUT2D eigenvalue weighted by Crippen LogP contribution is -2.50. The number of rotatable bonds is 10. The Bertz CT molecular complexity index is 202. The van der Waals surface area contributed by atoms with Gasteiger partial charge in [-0.2, -0.15) is 0 Å². The number of hydrogen-bond donors (Lipinski definition) is 0. The molecule has 0 N–H and O–H groups in total. The molecule has 3 unspecified atom stereocenters. The Hall–Kier alpha value is -0.163. The molecule has 0 spiro atoms. The molecule has 0 bridgehead atoms. The molecule has 0 aliphatic rings. The lowest BCUT2D eigenvalue weighted by Gasteiger charge is -2.33. The third kappa shape index (κ3) is 6.14. The van der Waals surface area contributed by atoms with Crippen molar-refractivity contribution in [1.82, 2.24) is 0 Å². The summed E-state index contributed by atoms with van der Waals surface area (Å²) in [6, 6.07) is 0. The second-order valence-electron chi connectivity index (χ2n) is 4.82. The van der Waals surface area contributed by atoms with Crippen LogP contribution in [0.5, 0.6) is 0 Å². The normalized spacial score (nSPS) is 19.9. The average Bonchev–Trinajstić information content (AvgIpc) is 2.37. The van der Waals surface area contributed by atoms with Crippen LogP contribution in [0.3, 0.4) is 0 Å². The van der Waals surface area contributed by atoms with Crippen LogP contribution >= 0.6 is 0 Å². The standard InChI is InChI=1S/C14H30O3Si/c1-8-12(5)15-18(11-4,16-13(6)9-2)17-14(7)10-3/h11-14H,4,8-10H2,1-3,5-7H3. The van der Waals surface area contributed by atoms with Gasteiger partial charge in [0.15, 0.2) is 0 Å². The van der Waals surface area contributed by atoms with Crippen LogP contribution in [0.1, 0.15) is 60.8 Å². The van der Waals surface area contributed by atoms with Crippen molar-refractivity contribution in [3.63, 3.8) is 0 Å². The highest BCUT2D eigenvalue weighted by Gasteiger charge is 2.42. The molecule has 0 aliphatic heterocycles. The summed E-state index contributed by atoms with van der Waals surface area (Å²) >= 11 is 0. The van der Waals surface area contributed by atoms with Gasteiger partial charge in [0.25, 0.3) is 0 Å². The van der Waals surface area contributed by atoms with Crippen molar-refractivity contribution in [3.8, 4) is 0 Å². The second-order valence-corrected chi connectivity index (χ2v) is 7.14. The summed E-state index contributed by atoms with van der Waals surface area (Å²) in [7, 11) is -2.76. The van der Waals surface area contributed by atoms with Gasteiger partial charge in [-0.25, -0.2) is 0 Å².